The normalized spacial score (nSPS) is 15.9. The SMILES string of the molecule is COc1ccc2c(c1)-c1c(ccc(OC)c1OC(C)=O)CC(Cc1ccccc1)N(C)CC2. The van der Waals surface area contributed by atoms with E-state index in [2.05, 4.69) is 48.3 Å². The summed E-state index contributed by atoms with van der Waals surface area (Å²) in [5, 5.41) is 0. The average molecular weight is 446 g/mol. The Hall–Kier alpha value is -3.31. The van der Waals surface area contributed by atoms with Crippen LogP contribution in [0.5, 0.6) is 17.2 Å². The third kappa shape index (κ3) is 5.04. The maximum absolute atomic E-state index is 12.1. The lowest BCUT2D eigenvalue weighted by Gasteiger charge is -2.28. The highest BCUT2D eigenvalue weighted by atomic mass is 16.6. The highest BCUT2D eigenvalue weighted by Crippen LogP contribution is 2.44. The number of likely N-dealkylation sites (N-methyl/N-ethyl adjacent to an activating group) is 1. The minimum atomic E-state index is -0.371. The second-order valence-corrected chi connectivity index (χ2v) is 8.53. The molecular weight excluding hydrogens is 414 g/mol. The first-order valence-corrected chi connectivity index (χ1v) is 11.3. The van der Waals surface area contributed by atoms with Crippen molar-refractivity contribution in [3.05, 3.63) is 77.4 Å². The van der Waals surface area contributed by atoms with Crippen molar-refractivity contribution in [3.8, 4) is 28.4 Å². The third-order valence-corrected chi connectivity index (χ3v) is 6.39. The Morgan fingerprint density at radius 1 is 1.00 bits per heavy atom. The molecule has 0 spiro atoms. The third-order valence-electron chi connectivity index (χ3n) is 6.39. The van der Waals surface area contributed by atoms with Gasteiger partial charge in [0.05, 0.1) is 14.2 Å². The molecule has 33 heavy (non-hydrogen) atoms. The van der Waals surface area contributed by atoms with Gasteiger partial charge < -0.3 is 19.1 Å². The van der Waals surface area contributed by atoms with E-state index in [0.29, 0.717) is 17.5 Å². The van der Waals surface area contributed by atoms with Crippen molar-refractivity contribution in [2.75, 3.05) is 27.8 Å². The molecular formula is C28H31NO4. The van der Waals surface area contributed by atoms with Gasteiger partial charge in [-0.1, -0.05) is 42.5 Å². The van der Waals surface area contributed by atoms with Crippen LogP contribution in [-0.4, -0.2) is 44.7 Å². The van der Waals surface area contributed by atoms with E-state index in [4.69, 9.17) is 14.2 Å². The van der Waals surface area contributed by atoms with Gasteiger partial charge in [0.15, 0.2) is 11.5 Å². The Morgan fingerprint density at radius 3 is 2.45 bits per heavy atom. The first kappa shape index (κ1) is 22.9. The molecule has 1 unspecified atom stereocenters. The molecule has 0 radical (unpaired) electrons. The van der Waals surface area contributed by atoms with Gasteiger partial charge in [0, 0.05) is 25.1 Å². The summed E-state index contributed by atoms with van der Waals surface area (Å²) in [6, 6.07) is 21.0. The van der Waals surface area contributed by atoms with E-state index in [1.165, 1.54) is 18.1 Å². The number of hydrogen-bond acceptors (Lipinski definition) is 5. The maximum atomic E-state index is 12.1. The van der Waals surface area contributed by atoms with Gasteiger partial charge in [-0.15, -0.1) is 0 Å². The summed E-state index contributed by atoms with van der Waals surface area (Å²) in [4.78, 5) is 14.5. The number of hydrogen-bond donors (Lipinski definition) is 0. The van der Waals surface area contributed by atoms with E-state index in [1.54, 1.807) is 14.2 Å². The summed E-state index contributed by atoms with van der Waals surface area (Å²) in [5.41, 5.74) is 5.55. The Morgan fingerprint density at radius 2 is 1.76 bits per heavy atom. The van der Waals surface area contributed by atoms with Gasteiger partial charge in [-0.3, -0.25) is 4.79 Å². The lowest BCUT2D eigenvalue weighted by molar-refractivity contribution is -0.131. The number of benzene rings is 3. The van der Waals surface area contributed by atoms with Gasteiger partial charge >= 0.3 is 5.97 Å². The number of ether oxygens (including phenoxy) is 3. The number of fused-ring (bicyclic) bond motifs is 3. The zero-order valence-electron chi connectivity index (χ0n) is 19.8. The highest BCUT2D eigenvalue weighted by Gasteiger charge is 2.27. The lowest BCUT2D eigenvalue weighted by Crippen LogP contribution is -2.36. The predicted molar refractivity (Wildman–Crippen MR) is 130 cm³/mol. The van der Waals surface area contributed by atoms with Crippen molar-refractivity contribution in [1.29, 1.82) is 0 Å². The maximum Gasteiger partial charge on any atom is 0.308 e. The van der Waals surface area contributed by atoms with Gasteiger partial charge in [-0.25, -0.2) is 0 Å². The Balaban J connectivity index is 1.90. The fraction of sp³-hybridized carbons (Fsp3) is 0.321. The molecule has 0 saturated heterocycles. The molecule has 1 atom stereocenters. The lowest BCUT2D eigenvalue weighted by atomic mass is 9.89. The van der Waals surface area contributed by atoms with Crippen LogP contribution in [0.15, 0.2) is 60.7 Å². The van der Waals surface area contributed by atoms with Crippen LogP contribution in [0.25, 0.3) is 11.1 Å². The van der Waals surface area contributed by atoms with Crippen LogP contribution in [0, 0.1) is 0 Å². The second kappa shape index (κ2) is 10.1. The van der Waals surface area contributed by atoms with E-state index in [1.807, 2.05) is 24.3 Å². The molecule has 0 bridgehead atoms. The molecule has 1 heterocycles. The quantitative estimate of drug-likeness (QED) is 0.411. The number of methoxy groups -OCH3 is 2. The summed E-state index contributed by atoms with van der Waals surface area (Å²) in [7, 11) is 5.46. The molecule has 0 aromatic heterocycles. The molecule has 0 aliphatic carbocycles. The highest BCUT2D eigenvalue weighted by molar-refractivity contribution is 5.84. The topological polar surface area (TPSA) is 48.0 Å². The minimum absolute atomic E-state index is 0.293. The van der Waals surface area contributed by atoms with E-state index >= 15 is 0 Å². The molecule has 172 valence electrons. The molecule has 0 amide bonds. The van der Waals surface area contributed by atoms with Crippen LogP contribution >= 0.6 is 0 Å². The second-order valence-electron chi connectivity index (χ2n) is 8.53. The molecule has 5 heteroatoms. The number of carbonyl (C=O) groups excluding carboxylic acids is 1. The summed E-state index contributed by atoms with van der Waals surface area (Å²) < 4.78 is 16.9. The Labute approximate surface area is 195 Å². The molecule has 1 aliphatic heterocycles. The minimum Gasteiger partial charge on any atom is -0.497 e. The Bertz CT molecular complexity index is 1130. The molecule has 1 aliphatic rings. The van der Waals surface area contributed by atoms with Crippen molar-refractivity contribution in [3.63, 3.8) is 0 Å². The van der Waals surface area contributed by atoms with E-state index < -0.39 is 0 Å². The number of carbonyl (C=O) groups is 1. The van der Waals surface area contributed by atoms with Gasteiger partial charge in [-0.05, 0) is 66.8 Å². The summed E-state index contributed by atoms with van der Waals surface area (Å²) in [5.74, 6) is 1.42. The standard InChI is InChI=1S/C28H31NO4/c1-19(30)33-28-26(32-4)13-11-22-17-23(16-20-8-6-5-7-9-20)29(2)15-14-21-10-12-24(31-3)18-25(21)27(22)28/h5-13,18,23H,14-17H2,1-4H3. The molecule has 0 fully saturated rings. The monoisotopic (exact) mass is 445 g/mol. The van der Waals surface area contributed by atoms with E-state index in [-0.39, 0.29) is 5.97 Å². The molecule has 0 saturated carbocycles. The number of rotatable bonds is 5. The molecule has 3 aromatic rings. The van der Waals surface area contributed by atoms with Gasteiger partial charge in [-0.2, -0.15) is 0 Å². The average Bonchev–Trinajstić information content (AvgIpc) is 2.87. The molecule has 5 nitrogen and oxygen atoms in total. The van der Waals surface area contributed by atoms with Crippen LogP contribution in [-0.2, 0) is 24.1 Å². The smallest absolute Gasteiger partial charge is 0.308 e. The van der Waals surface area contributed by atoms with Gasteiger partial charge in [0.25, 0.3) is 0 Å². The predicted octanol–water partition coefficient (Wildman–Crippen LogP) is 4.94. The van der Waals surface area contributed by atoms with Crippen LogP contribution in [0.3, 0.4) is 0 Å². The Kier molecular flexibility index (Phi) is 6.99. The molecule has 3 aromatic carbocycles. The molecule has 4 rings (SSSR count). The van der Waals surface area contributed by atoms with Crippen molar-refractivity contribution in [1.82, 2.24) is 4.90 Å². The van der Waals surface area contributed by atoms with Crippen LogP contribution in [0.2, 0.25) is 0 Å². The zero-order valence-corrected chi connectivity index (χ0v) is 19.8. The summed E-state index contributed by atoms with van der Waals surface area (Å²) >= 11 is 0. The first-order valence-electron chi connectivity index (χ1n) is 11.3. The fourth-order valence-electron chi connectivity index (χ4n) is 4.61. The molecule has 0 N–H and O–H groups in total. The zero-order chi connectivity index (χ0) is 23.4. The van der Waals surface area contributed by atoms with Crippen molar-refractivity contribution in [2.24, 2.45) is 0 Å². The number of esters is 1. The van der Waals surface area contributed by atoms with Crippen molar-refractivity contribution < 1.29 is 19.0 Å². The van der Waals surface area contributed by atoms with Crippen molar-refractivity contribution >= 4 is 5.97 Å². The summed E-state index contributed by atoms with van der Waals surface area (Å²) in [6.45, 7) is 2.34. The van der Waals surface area contributed by atoms with E-state index in [0.717, 1.165) is 48.2 Å². The van der Waals surface area contributed by atoms with Gasteiger partial charge in [0.2, 0.25) is 0 Å². The van der Waals surface area contributed by atoms with Crippen LogP contribution in [0.1, 0.15) is 23.6 Å². The van der Waals surface area contributed by atoms with Crippen LogP contribution < -0.4 is 14.2 Å². The van der Waals surface area contributed by atoms with Gasteiger partial charge in [0.1, 0.15) is 5.75 Å². The van der Waals surface area contributed by atoms with E-state index in [9.17, 15) is 4.79 Å². The fourth-order valence-corrected chi connectivity index (χ4v) is 4.61. The number of nitrogens with zero attached hydrogens (tertiary/aromatic N) is 1. The summed E-state index contributed by atoms with van der Waals surface area (Å²) in [6.07, 6.45) is 2.62. The first-order chi connectivity index (χ1) is 16.0. The van der Waals surface area contributed by atoms with Crippen molar-refractivity contribution in [2.45, 2.75) is 32.2 Å². The van der Waals surface area contributed by atoms with Crippen LogP contribution in [0.4, 0.5) is 0 Å². The largest absolute Gasteiger partial charge is 0.497 e.